The molecule has 3 nitrogen and oxygen atoms in total. The van der Waals surface area contributed by atoms with Crippen LogP contribution < -0.4 is 4.74 Å². The fraction of sp³-hybridized carbons (Fsp3) is 0.733. The molecule has 1 aliphatic rings. The summed E-state index contributed by atoms with van der Waals surface area (Å²) < 4.78 is 6.90. The monoisotopic (exact) mass is 326 g/mol. The summed E-state index contributed by atoms with van der Waals surface area (Å²) in [4.78, 5) is 8.88. The van der Waals surface area contributed by atoms with Crippen molar-refractivity contribution >= 4 is 15.9 Å². The zero-order chi connectivity index (χ0) is 13.8. The molecule has 2 atom stereocenters. The summed E-state index contributed by atoms with van der Waals surface area (Å²) in [6.45, 7) is 6.75. The standard InChI is InChI=1S/C15H23BrN2O/c1-4-5-14-17-13(16)9-15(18-14)19-12-7-10(2)6-11(3)8-12/h9-12H,4-8H2,1-3H3. The van der Waals surface area contributed by atoms with Gasteiger partial charge < -0.3 is 4.74 Å². The summed E-state index contributed by atoms with van der Waals surface area (Å²) in [6.07, 6.45) is 5.83. The molecule has 0 aliphatic heterocycles. The molecule has 106 valence electrons. The minimum Gasteiger partial charge on any atom is -0.474 e. The Morgan fingerprint density at radius 3 is 2.53 bits per heavy atom. The average molecular weight is 327 g/mol. The van der Waals surface area contributed by atoms with E-state index in [0.717, 1.165) is 53.8 Å². The molecular weight excluding hydrogens is 304 g/mol. The molecule has 1 fully saturated rings. The number of ether oxygens (including phenoxy) is 1. The van der Waals surface area contributed by atoms with Gasteiger partial charge in [0.05, 0.1) is 0 Å². The van der Waals surface area contributed by atoms with Crippen LogP contribution in [0, 0.1) is 11.8 Å². The first kappa shape index (κ1) is 14.8. The summed E-state index contributed by atoms with van der Waals surface area (Å²) in [5.74, 6) is 3.07. The lowest BCUT2D eigenvalue weighted by Gasteiger charge is -2.31. The van der Waals surface area contributed by atoms with Crippen molar-refractivity contribution in [3.8, 4) is 5.88 Å². The molecule has 0 radical (unpaired) electrons. The van der Waals surface area contributed by atoms with Gasteiger partial charge in [-0.15, -0.1) is 0 Å². The van der Waals surface area contributed by atoms with E-state index in [0.29, 0.717) is 6.10 Å². The van der Waals surface area contributed by atoms with Gasteiger partial charge in [-0.1, -0.05) is 20.8 Å². The Balaban J connectivity index is 2.05. The molecule has 2 unspecified atom stereocenters. The molecule has 0 bridgehead atoms. The van der Waals surface area contributed by atoms with Gasteiger partial charge in [0.25, 0.3) is 0 Å². The van der Waals surface area contributed by atoms with E-state index in [1.54, 1.807) is 0 Å². The Morgan fingerprint density at radius 2 is 1.89 bits per heavy atom. The van der Waals surface area contributed by atoms with E-state index in [2.05, 4.69) is 46.7 Å². The lowest BCUT2D eigenvalue weighted by molar-refractivity contribution is 0.0962. The second-order valence-electron chi connectivity index (χ2n) is 5.85. The lowest BCUT2D eigenvalue weighted by Crippen LogP contribution is -2.28. The predicted molar refractivity (Wildman–Crippen MR) is 80.3 cm³/mol. The highest BCUT2D eigenvalue weighted by Crippen LogP contribution is 2.31. The highest BCUT2D eigenvalue weighted by molar-refractivity contribution is 9.10. The molecule has 1 aromatic rings. The van der Waals surface area contributed by atoms with E-state index >= 15 is 0 Å². The van der Waals surface area contributed by atoms with Crippen LogP contribution in [0.25, 0.3) is 0 Å². The summed E-state index contributed by atoms with van der Waals surface area (Å²) in [7, 11) is 0. The molecule has 4 heteroatoms. The van der Waals surface area contributed by atoms with Crippen LogP contribution >= 0.6 is 15.9 Å². The zero-order valence-electron chi connectivity index (χ0n) is 12.0. The zero-order valence-corrected chi connectivity index (χ0v) is 13.6. The largest absolute Gasteiger partial charge is 0.474 e. The van der Waals surface area contributed by atoms with Gasteiger partial charge >= 0.3 is 0 Å². The number of aryl methyl sites for hydroxylation is 1. The molecule has 1 aromatic heterocycles. The number of rotatable bonds is 4. The van der Waals surface area contributed by atoms with Crippen LogP contribution in [-0.2, 0) is 6.42 Å². The van der Waals surface area contributed by atoms with Gasteiger partial charge in [0.2, 0.25) is 5.88 Å². The van der Waals surface area contributed by atoms with Gasteiger partial charge in [-0.3, -0.25) is 0 Å². The van der Waals surface area contributed by atoms with Crippen molar-refractivity contribution in [3.63, 3.8) is 0 Å². The Morgan fingerprint density at radius 1 is 1.21 bits per heavy atom. The van der Waals surface area contributed by atoms with Gasteiger partial charge in [-0.05, 0) is 53.4 Å². The van der Waals surface area contributed by atoms with Crippen LogP contribution in [0.3, 0.4) is 0 Å². The first-order valence-electron chi connectivity index (χ1n) is 7.27. The van der Waals surface area contributed by atoms with E-state index < -0.39 is 0 Å². The average Bonchev–Trinajstić information content (AvgIpc) is 2.26. The smallest absolute Gasteiger partial charge is 0.217 e. The third-order valence-electron chi connectivity index (χ3n) is 3.61. The van der Waals surface area contributed by atoms with Crippen LogP contribution in [0.5, 0.6) is 5.88 Å². The van der Waals surface area contributed by atoms with Crippen LogP contribution in [-0.4, -0.2) is 16.1 Å². The third kappa shape index (κ3) is 4.44. The van der Waals surface area contributed by atoms with Crippen molar-refractivity contribution in [2.75, 3.05) is 0 Å². The van der Waals surface area contributed by atoms with Crippen molar-refractivity contribution in [3.05, 3.63) is 16.5 Å². The first-order chi connectivity index (χ1) is 9.06. The molecule has 1 aliphatic carbocycles. The molecule has 1 heterocycles. The van der Waals surface area contributed by atoms with E-state index in [4.69, 9.17) is 4.74 Å². The molecule has 19 heavy (non-hydrogen) atoms. The number of nitrogens with zero attached hydrogens (tertiary/aromatic N) is 2. The SMILES string of the molecule is CCCc1nc(Br)cc(OC2CC(C)CC(C)C2)n1. The molecule has 0 N–H and O–H groups in total. The molecule has 0 spiro atoms. The van der Waals surface area contributed by atoms with Crippen LogP contribution in [0.1, 0.15) is 52.3 Å². The maximum Gasteiger partial charge on any atom is 0.217 e. The summed E-state index contributed by atoms with van der Waals surface area (Å²) in [6, 6.07) is 1.88. The van der Waals surface area contributed by atoms with Crippen molar-refractivity contribution in [2.45, 2.75) is 59.0 Å². The number of aromatic nitrogens is 2. The van der Waals surface area contributed by atoms with Gasteiger partial charge in [-0.2, -0.15) is 4.98 Å². The fourth-order valence-electron chi connectivity index (χ4n) is 2.98. The molecule has 2 rings (SSSR count). The topological polar surface area (TPSA) is 35.0 Å². The predicted octanol–water partition coefficient (Wildman–Crippen LogP) is 4.40. The van der Waals surface area contributed by atoms with Gasteiger partial charge in [-0.25, -0.2) is 4.98 Å². The Labute approximate surface area is 124 Å². The van der Waals surface area contributed by atoms with Gasteiger partial charge in [0, 0.05) is 12.5 Å². The fourth-order valence-corrected chi connectivity index (χ4v) is 3.38. The minimum atomic E-state index is 0.301. The first-order valence-corrected chi connectivity index (χ1v) is 8.06. The molecule has 0 saturated heterocycles. The van der Waals surface area contributed by atoms with Crippen LogP contribution in [0.15, 0.2) is 10.7 Å². The highest BCUT2D eigenvalue weighted by atomic mass is 79.9. The van der Waals surface area contributed by atoms with E-state index in [9.17, 15) is 0 Å². The molecule has 0 aromatic carbocycles. The Bertz CT molecular complexity index is 415. The Kier molecular flexibility index (Phi) is 5.20. The maximum atomic E-state index is 6.08. The minimum absolute atomic E-state index is 0.301. The van der Waals surface area contributed by atoms with Crippen molar-refractivity contribution < 1.29 is 4.74 Å². The van der Waals surface area contributed by atoms with E-state index in [1.165, 1.54) is 6.42 Å². The second-order valence-corrected chi connectivity index (χ2v) is 6.66. The van der Waals surface area contributed by atoms with Crippen LogP contribution in [0.2, 0.25) is 0 Å². The summed E-state index contributed by atoms with van der Waals surface area (Å²) in [5, 5.41) is 0. The van der Waals surface area contributed by atoms with Crippen LogP contribution in [0.4, 0.5) is 0 Å². The van der Waals surface area contributed by atoms with Crippen molar-refractivity contribution in [1.82, 2.24) is 9.97 Å². The van der Waals surface area contributed by atoms with Crippen molar-refractivity contribution in [1.29, 1.82) is 0 Å². The third-order valence-corrected chi connectivity index (χ3v) is 4.02. The normalized spacial score (nSPS) is 27.3. The summed E-state index contributed by atoms with van der Waals surface area (Å²) in [5.41, 5.74) is 0. The lowest BCUT2D eigenvalue weighted by atomic mass is 9.82. The Hall–Kier alpha value is -0.640. The highest BCUT2D eigenvalue weighted by Gasteiger charge is 2.25. The number of halogens is 1. The van der Waals surface area contributed by atoms with E-state index in [1.807, 2.05) is 6.07 Å². The molecular formula is C15H23BrN2O. The molecule has 1 saturated carbocycles. The summed E-state index contributed by atoms with van der Waals surface area (Å²) >= 11 is 3.44. The second kappa shape index (κ2) is 6.69. The maximum absolute atomic E-state index is 6.08. The van der Waals surface area contributed by atoms with E-state index in [-0.39, 0.29) is 0 Å². The number of hydrogen-bond acceptors (Lipinski definition) is 3. The van der Waals surface area contributed by atoms with Crippen molar-refractivity contribution in [2.24, 2.45) is 11.8 Å². The van der Waals surface area contributed by atoms with Gasteiger partial charge in [0.15, 0.2) is 0 Å². The number of hydrogen-bond donors (Lipinski definition) is 0. The molecule has 0 amide bonds. The van der Waals surface area contributed by atoms with Gasteiger partial charge in [0.1, 0.15) is 16.5 Å². The quantitative estimate of drug-likeness (QED) is 0.769.